The van der Waals surface area contributed by atoms with Crippen LogP contribution in [0, 0.1) is 0 Å². The van der Waals surface area contributed by atoms with Crippen molar-refractivity contribution >= 4 is 0 Å². The molecule has 1 aliphatic rings. The highest BCUT2D eigenvalue weighted by Crippen LogP contribution is 2.49. The van der Waals surface area contributed by atoms with Gasteiger partial charge in [-0.15, -0.1) is 0 Å². The second kappa shape index (κ2) is 10.5. The summed E-state index contributed by atoms with van der Waals surface area (Å²) in [6.07, 6.45) is -0.225. The fourth-order valence-corrected chi connectivity index (χ4v) is 5.17. The Morgan fingerprint density at radius 3 is 2.08 bits per heavy atom. The van der Waals surface area contributed by atoms with Crippen molar-refractivity contribution in [2.24, 2.45) is 0 Å². The van der Waals surface area contributed by atoms with E-state index in [0.29, 0.717) is 18.1 Å². The first-order chi connectivity index (χ1) is 18.7. The molecule has 6 rings (SSSR count). The first kappa shape index (κ1) is 23.9. The molecule has 0 aromatic heterocycles. The van der Waals surface area contributed by atoms with E-state index in [1.165, 1.54) is 11.1 Å². The molecular weight excluding hydrogens is 468 g/mol. The van der Waals surface area contributed by atoms with Gasteiger partial charge in [-0.1, -0.05) is 116 Å². The van der Waals surface area contributed by atoms with Crippen molar-refractivity contribution in [1.82, 2.24) is 0 Å². The summed E-state index contributed by atoms with van der Waals surface area (Å²) < 4.78 is 18.7. The molecule has 0 radical (unpaired) electrons. The van der Waals surface area contributed by atoms with Crippen LogP contribution in [0.2, 0.25) is 0 Å². The lowest BCUT2D eigenvalue weighted by atomic mass is 9.84. The van der Waals surface area contributed by atoms with Gasteiger partial charge in [-0.3, -0.25) is 0 Å². The number of ether oxygens (including phenoxy) is 3. The average Bonchev–Trinajstić information content (AvgIpc) is 3.00. The van der Waals surface area contributed by atoms with Gasteiger partial charge in [-0.25, -0.2) is 0 Å². The number of benzene rings is 5. The predicted octanol–water partition coefficient (Wildman–Crippen LogP) is 8.57. The van der Waals surface area contributed by atoms with Gasteiger partial charge in [0.1, 0.15) is 18.5 Å². The highest BCUT2D eigenvalue weighted by Gasteiger charge is 2.30. The molecule has 5 aromatic rings. The summed E-state index contributed by atoms with van der Waals surface area (Å²) in [6.45, 7) is 2.71. The number of hydrogen-bond acceptors (Lipinski definition) is 3. The lowest BCUT2D eigenvalue weighted by Gasteiger charge is -2.31. The Morgan fingerprint density at radius 2 is 1.37 bits per heavy atom. The predicted molar refractivity (Wildman–Crippen MR) is 152 cm³/mol. The van der Waals surface area contributed by atoms with Gasteiger partial charge >= 0.3 is 0 Å². The summed E-state index contributed by atoms with van der Waals surface area (Å²) in [5, 5.41) is 0. The van der Waals surface area contributed by atoms with Gasteiger partial charge in [0.2, 0.25) is 0 Å². The van der Waals surface area contributed by atoms with Gasteiger partial charge in [0.25, 0.3) is 0 Å². The van der Waals surface area contributed by atoms with Crippen LogP contribution in [0.5, 0.6) is 17.2 Å². The standard InChI is InChI=1S/C35H30O3/c1-24(26-14-8-4-9-15-26)28-18-19-29-30-21-33(36-2)34(37-23-25-12-6-3-7-13-25)22-32(30)38-35(31(29)20-28)27-16-10-5-11-17-27/h3-22,24,35H,23H2,1-2H3/t24-,35?/m0/s1. The molecule has 1 heterocycles. The maximum absolute atomic E-state index is 6.74. The molecule has 0 fully saturated rings. The lowest BCUT2D eigenvalue weighted by Crippen LogP contribution is -2.16. The average molecular weight is 499 g/mol. The van der Waals surface area contributed by atoms with Crippen LogP contribution in [-0.2, 0) is 6.61 Å². The second-order valence-electron chi connectivity index (χ2n) is 9.66. The van der Waals surface area contributed by atoms with Crippen LogP contribution in [0.1, 0.15) is 46.8 Å². The summed E-state index contributed by atoms with van der Waals surface area (Å²) in [7, 11) is 1.68. The van der Waals surface area contributed by atoms with Crippen LogP contribution >= 0.6 is 0 Å². The summed E-state index contributed by atoms with van der Waals surface area (Å²) >= 11 is 0. The normalized spacial score (nSPS) is 14.5. The van der Waals surface area contributed by atoms with Crippen LogP contribution in [0.15, 0.2) is 121 Å². The molecular formula is C35H30O3. The zero-order chi connectivity index (χ0) is 25.9. The fraction of sp³-hybridized carbons (Fsp3) is 0.143. The molecule has 188 valence electrons. The summed E-state index contributed by atoms with van der Waals surface area (Å²) in [6, 6.07) is 42.0. The van der Waals surface area contributed by atoms with Crippen molar-refractivity contribution in [2.45, 2.75) is 25.6 Å². The molecule has 3 nitrogen and oxygen atoms in total. The van der Waals surface area contributed by atoms with Crippen LogP contribution in [0.25, 0.3) is 11.1 Å². The summed E-state index contributed by atoms with van der Waals surface area (Å²) in [5.74, 6) is 2.41. The van der Waals surface area contributed by atoms with Crippen molar-refractivity contribution in [2.75, 3.05) is 7.11 Å². The number of fused-ring (bicyclic) bond motifs is 3. The first-order valence-electron chi connectivity index (χ1n) is 13.0. The van der Waals surface area contributed by atoms with Crippen molar-refractivity contribution < 1.29 is 14.2 Å². The molecule has 0 spiro atoms. The van der Waals surface area contributed by atoms with E-state index in [1.807, 2.05) is 36.4 Å². The van der Waals surface area contributed by atoms with E-state index in [1.54, 1.807) is 7.11 Å². The first-order valence-corrected chi connectivity index (χ1v) is 13.0. The molecule has 1 unspecified atom stereocenters. The van der Waals surface area contributed by atoms with Crippen molar-refractivity contribution in [3.8, 4) is 28.4 Å². The molecule has 5 aromatic carbocycles. The van der Waals surface area contributed by atoms with Gasteiger partial charge in [-0.2, -0.15) is 0 Å². The van der Waals surface area contributed by atoms with Gasteiger partial charge in [0.15, 0.2) is 11.5 Å². The van der Waals surface area contributed by atoms with Crippen molar-refractivity contribution in [3.63, 3.8) is 0 Å². The molecule has 1 aliphatic heterocycles. The van der Waals surface area contributed by atoms with Crippen LogP contribution in [0.3, 0.4) is 0 Å². The third-order valence-electron chi connectivity index (χ3n) is 7.30. The third kappa shape index (κ3) is 4.64. The Hall–Kier alpha value is -4.50. The van der Waals surface area contributed by atoms with Gasteiger partial charge in [0.05, 0.1) is 7.11 Å². The largest absolute Gasteiger partial charge is 0.493 e. The molecule has 0 N–H and O–H groups in total. The molecule has 0 bridgehead atoms. The van der Waals surface area contributed by atoms with Crippen LogP contribution in [-0.4, -0.2) is 7.11 Å². The molecule has 0 saturated carbocycles. The fourth-order valence-electron chi connectivity index (χ4n) is 5.17. The maximum Gasteiger partial charge on any atom is 0.165 e. The minimum absolute atomic E-state index is 0.225. The SMILES string of the molecule is COc1cc2c(cc1OCc1ccccc1)OC(c1ccccc1)c1cc([C@@H](C)c3ccccc3)ccc1-2. The topological polar surface area (TPSA) is 27.7 Å². The zero-order valence-electron chi connectivity index (χ0n) is 21.6. The van der Waals surface area contributed by atoms with E-state index >= 15 is 0 Å². The Bertz CT molecular complexity index is 1530. The monoisotopic (exact) mass is 498 g/mol. The minimum Gasteiger partial charge on any atom is -0.493 e. The highest BCUT2D eigenvalue weighted by molar-refractivity contribution is 5.79. The van der Waals surface area contributed by atoms with Gasteiger partial charge in [0, 0.05) is 23.1 Å². The molecule has 0 amide bonds. The summed E-state index contributed by atoms with van der Waals surface area (Å²) in [5.41, 5.74) is 8.09. The summed E-state index contributed by atoms with van der Waals surface area (Å²) in [4.78, 5) is 0. The number of hydrogen-bond donors (Lipinski definition) is 0. The quantitative estimate of drug-likeness (QED) is 0.225. The minimum atomic E-state index is -0.225. The van der Waals surface area contributed by atoms with E-state index in [-0.39, 0.29) is 12.0 Å². The number of methoxy groups -OCH3 is 1. The van der Waals surface area contributed by atoms with Crippen molar-refractivity contribution in [1.29, 1.82) is 0 Å². The highest BCUT2D eigenvalue weighted by atomic mass is 16.5. The Kier molecular flexibility index (Phi) is 6.58. The second-order valence-corrected chi connectivity index (χ2v) is 9.66. The third-order valence-corrected chi connectivity index (χ3v) is 7.30. The van der Waals surface area contributed by atoms with Crippen LogP contribution < -0.4 is 14.2 Å². The molecule has 0 aliphatic carbocycles. The van der Waals surface area contributed by atoms with E-state index < -0.39 is 0 Å². The van der Waals surface area contributed by atoms with Gasteiger partial charge in [-0.05, 0) is 33.9 Å². The molecule has 38 heavy (non-hydrogen) atoms. The van der Waals surface area contributed by atoms with E-state index in [2.05, 4.69) is 91.9 Å². The number of rotatable bonds is 7. The molecule has 2 atom stereocenters. The molecule has 3 heteroatoms. The smallest absolute Gasteiger partial charge is 0.165 e. The van der Waals surface area contributed by atoms with Crippen molar-refractivity contribution in [3.05, 3.63) is 149 Å². The Labute approximate surface area is 224 Å². The zero-order valence-corrected chi connectivity index (χ0v) is 21.6. The van der Waals surface area contributed by atoms with E-state index in [4.69, 9.17) is 14.2 Å². The van der Waals surface area contributed by atoms with Gasteiger partial charge < -0.3 is 14.2 Å². The van der Waals surface area contributed by atoms with E-state index in [0.717, 1.165) is 33.6 Å². The van der Waals surface area contributed by atoms with Crippen LogP contribution in [0.4, 0.5) is 0 Å². The maximum atomic E-state index is 6.74. The van der Waals surface area contributed by atoms with E-state index in [9.17, 15) is 0 Å². The Morgan fingerprint density at radius 1 is 0.684 bits per heavy atom. The Balaban J connectivity index is 1.43. The molecule has 0 saturated heterocycles. The lowest BCUT2D eigenvalue weighted by molar-refractivity contribution is 0.238.